The van der Waals surface area contributed by atoms with E-state index in [9.17, 15) is 31.1 Å². The van der Waals surface area contributed by atoms with Gasteiger partial charge in [-0.15, -0.1) is 0 Å². The van der Waals surface area contributed by atoms with Crippen molar-refractivity contribution < 1.29 is 31.1 Å². The quantitative estimate of drug-likeness (QED) is 0.254. The summed E-state index contributed by atoms with van der Waals surface area (Å²) in [6.07, 6.45) is -10.1. The van der Waals surface area contributed by atoms with E-state index in [1.165, 1.54) is 0 Å². The van der Waals surface area contributed by atoms with Crippen LogP contribution >= 0.6 is 24.2 Å². The summed E-state index contributed by atoms with van der Waals surface area (Å²) in [5, 5.41) is 0. The number of carbonyl (C=O) groups is 1. The first-order valence-electron chi connectivity index (χ1n) is 9.16. The Morgan fingerprint density at radius 2 is 1.34 bits per heavy atom. The lowest BCUT2D eigenvalue weighted by Gasteiger charge is -2.36. The van der Waals surface area contributed by atoms with E-state index in [0.717, 1.165) is 16.3 Å². The van der Waals surface area contributed by atoms with Crippen molar-refractivity contribution in [1.82, 2.24) is 4.31 Å². The molecule has 1 amide bonds. The lowest BCUT2D eigenvalue weighted by atomic mass is 10.0. The maximum atomic E-state index is 13.2. The van der Waals surface area contributed by atoms with Crippen LogP contribution in [0.1, 0.15) is 42.3 Å². The van der Waals surface area contributed by atoms with Gasteiger partial charge in [0.25, 0.3) is 5.91 Å². The van der Waals surface area contributed by atoms with E-state index in [1.807, 2.05) is 0 Å². The van der Waals surface area contributed by atoms with Gasteiger partial charge in [-0.25, -0.2) is 0 Å². The molecule has 2 aromatic carbocycles. The van der Waals surface area contributed by atoms with E-state index in [2.05, 4.69) is 0 Å². The summed E-state index contributed by atoms with van der Waals surface area (Å²) < 4.78 is 80.5. The Bertz CT molecular complexity index is 952. The Hall–Kier alpha value is -2.27. The van der Waals surface area contributed by atoms with Crippen LogP contribution in [-0.2, 0) is 12.4 Å². The van der Waals surface area contributed by atoms with Crippen LogP contribution in [0.2, 0.25) is 0 Å². The molecule has 0 heterocycles. The molecule has 0 unspecified atom stereocenters. The lowest BCUT2D eigenvalue weighted by molar-refractivity contribution is -0.143. The molecular weight excluding hydrogens is 474 g/mol. The summed E-state index contributed by atoms with van der Waals surface area (Å²) in [4.78, 5) is 14.7. The number of nitrogens with zero attached hydrogens (tertiary/aromatic N) is 2. The monoisotopic (exact) mass is 494 g/mol. The van der Waals surface area contributed by atoms with Crippen molar-refractivity contribution in [3.8, 4) is 0 Å². The molecule has 0 radical (unpaired) electrons. The molecule has 0 aliphatic carbocycles. The summed E-state index contributed by atoms with van der Waals surface area (Å²) in [6.45, 7) is 4.80. The highest BCUT2D eigenvalue weighted by atomic mass is 32.2. The Kier molecular flexibility index (Phi) is 7.55. The molecule has 0 fully saturated rings. The molecule has 174 valence electrons. The van der Waals surface area contributed by atoms with Gasteiger partial charge >= 0.3 is 12.4 Å². The van der Waals surface area contributed by atoms with Gasteiger partial charge in [-0.2, -0.15) is 26.3 Å². The molecule has 0 saturated heterocycles. The second kappa shape index (κ2) is 9.30. The Morgan fingerprint density at radius 1 is 0.875 bits per heavy atom. The first-order valence-corrected chi connectivity index (χ1v) is 10.3. The van der Waals surface area contributed by atoms with Crippen molar-refractivity contribution in [3.05, 3.63) is 65.2 Å². The molecule has 0 atom stereocenters. The molecule has 32 heavy (non-hydrogen) atoms. The van der Waals surface area contributed by atoms with Crippen LogP contribution < -0.4 is 4.90 Å². The molecule has 3 nitrogen and oxygen atoms in total. The SMILES string of the molecule is CN(C(=S)SN(C(=O)c1cc(C(F)(F)F)cc(C(F)(F)F)c1)C(C)(C)C)c1ccccc1. The first kappa shape index (κ1) is 26.0. The summed E-state index contributed by atoms with van der Waals surface area (Å²) in [7, 11) is 1.64. The van der Waals surface area contributed by atoms with Crippen LogP contribution in [0.25, 0.3) is 0 Å². The highest BCUT2D eigenvalue weighted by molar-refractivity contribution is 8.22. The maximum Gasteiger partial charge on any atom is 0.416 e. The molecular formula is C21H20F6N2OS2. The molecule has 0 aliphatic rings. The molecule has 0 saturated carbocycles. The standard InChI is InChI=1S/C21H20F6N2OS2/c1-19(2,3)29(32-18(31)28(4)16-8-6-5-7-9-16)17(30)13-10-14(20(22,23)24)12-15(11-13)21(25,26)27/h5-12H,1-4H3. The van der Waals surface area contributed by atoms with Crippen LogP contribution in [0.15, 0.2) is 48.5 Å². The fraction of sp³-hybridized carbons (Fsp3) is 0.333. The number of amides is 1. The van der Waals surface area contributed by atoms with Gasteiger partial charge in [0.15, 0.2) is 4.32 Å². The maximum absolute atomic E-state index is 13.2. The third kappa shape index (κ3) is 6.38. The number of alkyl halides is 6. The minimum atomic E-state index is -5.06. The number of para-hydroxylation sites is 1. The molecule has 0 bridgehead atoms. The number of hydrogen-bond acceptors (Lipinski definition) is 3. The fourth-order valence-corrected chi connectivity index (χ4v) is 3.75. The van der Waals surface area contributed by atoms with E-state index in [1.54, 1.807) is 63.1 Å². The van der Waals surface area contributed by atoms with Crippen LogP contribution in [0.5, 0.6) is 0 Å². The predicted octanol–water partition coefficient (Wildman–Crippen LogP) is 7.03. The average Bonchev–Trinajstić information content (AvgIpc) is 2.69. The second-order valence-corrected chi connectivity index (χ2v) is 9.40. The van der Waals surface area contributed by atoms with Gasteiger partial charge in [0, 0.05) is 35.8 Å². The highest BCUT2D eigenvalue weighted by Gasteiger charge is 2.39. The predicted molar refractivity (Wildman–Crippen MR) is 117 cm³/mol. The number of thiocarbonyl (C=S) groups is 1. The Morgan fingerprint density at radius 3 is 1.75 bits per heavy atom. The zero-order valence-electron chi connectivity index (χ0n) is 17.5. The van der Waals surface area contributed by atoms with Crippen molar-refractivity contribution >= 4 is 40.1 Å². The van der Waals surface area contributed by atoms with Crippen LogP contribution in [0, 0.1) is 0 Å². The van der Waals surface area contributed by atoms with Gasteiger partial charge in [0.1, 0.15) is 0 Å². The van der Waals surface area contributed by atoms with E-state index in [4.69, 9.17) is 12.2 Å². The topological polar surface area (TPSA) is 23.6 Å². The number of halogens is 6. The van der Waals surface area contributed by atoms with Crippen molar-refractivity contribution in [2.45, 2.75) is 38.7 Å². The van der Waals surface area contributed by atoms with Crippen LogP contribution in [0.3, 0.4) is 0 Å². The van der Waals surface area contributed by atoms with Gasteiger partial charge in [-0.3, -0.25) is 9.10 Å². The highest BCUT2D eigenvalue weighted by Crippen LogP contribution is 2.38. The summed E-state index contributed by atoms with van der Waals surface area (Å²) in [5.41, 5.74) is -4.13. The largest absolute Gasteiger partial charge is 0.416 e. The van der Waals surface area contributed by atoms with Gasteiger partial charge in [-0.05, 0) is 51.1 Å². The molecule has 0 spiro atoms. The number of rotatable bonds is 2. The molecule has 2 aromatic rings. The van der Waals surface area contributed by atoms with Crippen molar-refractivity contribution in [1.29, 1.82) is 0 Å². The number of carbonyl (C=O) groups excluding carboxylic acids is 1. The normalized spacial score (nSPS) is 12.4. The zero-order chi connectivity index (χ0) is 24.5. The number of benzene rings is 2. The van der Waals surface area contributed by atoms with Gasteiger partial charge in [-0.1, -0.05) is 30.4 Å². The lowest BCUT2D eigenvalue weighted by Crippen LogP contribution is -2.43. The third-order valence-electron chi connectivity index (χ3n) is 4.22. The van der Waals surface area contributed by atoms with Crippen molar-refractivity contribution in [3.63, 3.8) is 0 Å². The van der Waals surface area contributed by atoms with E-state index >= 15 is 0 Å². The second-order valence-electron chi connectivity index (χ2n) is 7.82. The van der Waals surface area contributed by atoms with Crippen molar-refractivity contribution in [2.24, 2.45) is 0 Å². The Balaban J connectivity index is 2.47. The molecule has 0 aliphatic heterocycles. The van der Waals surface area contributed by atoms with E-state index < -0.39 is 40.5 Å². The van der Waals surface area contributed by atoms with Gasteiger partial charge < -0.3 is 4.90 Å². The average molecular weight is 495 g/mol. The Labute approximate surface area is 191 Å². The zero-order valence-corrected chi connectivity index (χ0v) is 19.1. The fourth-order valence-electron chi connectivity index (χ4n) is 2.58. The molecule has 11 heteroatoms. The van der Waals surface area contributed by atoms with Gasteiger partial charge in [0.2, 0.25) is 0 Å². The van der Waals surface area contributed by atoms with Gasteiger partial charge in [0.05, 0.1) is 11.1 Å². The summed E-state index contributed by atoms with van der Waals surface area (Å²) in [6, 6.07) is 9.68. The summed E-state index contributed by atoms with van der Waals surface area (Å²) >= 11 is 6.14. The minimum Gasteiger partial charge on any atom is -0.329 e. The molecule has 0 N–H and O–H groups in total. The van der Waals surface area contributed by atoms with E-state index in [-0.39, 0.29) is 10.4 Å². The summed E-state index contributed by atoms with van der Waals surface area (Å²) in [5.74, 6) is -1.03. The van der Waals surface area contributed by atoms with Crippen LogP contribution in [-0.4, -0.2) is 27.1 Å². The van der Waals surface area contributed by atoms with Crippen molar-refractivity contribution in [2.75, 3.05) is 11.9 Å². The first-order chi connectivity index (χ1) is 14.5. The third-order valence-corrected chi connectivity index (χ3v) is 6.04. The van der Waals surface area contributed by atoms with E-state index in [0.29, 0.717) is 17.8 Å². The smallest absolute Gasteiger partial charge is 0.329 e. The number of hydrogen-bond donors (Lipinski definition) is 0. The minimum absolute atomic E-state index is 0.0147. The number of anilines is 1. The molecule has 0 aromatic heterocycles. The van der Waals surface area contributed by atoms with Crippen LogP contribution in [0.4, 0.5) is 32.0 Å². The molecule has 2 rings (SSSR count).